The number of phosphoric acid groups is 1. The number of rotatable bonds is 24. The molecule has 2 atom stereocenters. The van der Waals surface area contributed by atoms with Gasteiger partial charge in [-0.3, -0.25) is 13.8 Å². The van der Waals surface area contributed by atoms with Crippen LogP contribution in [0.15, 0.2) is 12.2 Å². The van der Waals surface area contributed by atoms with Crippen LogP contribution in [0.3, 0.4) is 0 Å². The number of hydrogen-bond donors (Lipinski definition) is 2. The Balaban J connectivity index is 3.43. The third-order valence-corrected chi connectivity index (χ3v) is 6.33. The smallest absolute Gasteiger partial charge is 0.466 e. The molecule has 0 aliphatic rings. The topological polar surface area (TPSA) is 102 Å². The molecule has 0 heterocycles. The van der Waals surface area contributed by atoms with Crippen molar-refractivity contribution in [2.75, 3.05) is 19.8 Å². The van der Waals surface area contributed by atoms with Crippen LogP contribution in [0.4, 0.5) is 0 Å². The predicted octanol–water partition coefficient (Wildman–Crippen LogP) is 6.86. The van der Waals surface area contributed by atoms with Gasteiger partial charge in [0.2, 0.25) is 0 Å². The number of esters is 1. The van der Waals surface area contributed by atoms with E-state index in [2.05, 4.69) is 23.6 Å². The highest BCUT2D eigenvalue weighted by Crippen LogP contribution is 2.43. The number of aliphatic hydroxyl groups is 1. The molecule has 196 valence electrons. The molecule has 0 radical (unpaired) electrons. The van der Waals surface area contributed by atoms with Crippen LogP contribution in [0.5, 0.6) is 0 Å². The molecule has 33 heavy (non-hydrogen) atoms. The molecule has 0 aliphatic heterocycles. The number of phosphoric ester groups is 1. The summed E-state index contributed by atoms with van der Waals surface area (Å²) < 4.78 is 26.2. The summed E-state index contributed by atoms with van der Waals surface area (Å²) in [6, 6.07) is 0. The fraction of sp³-hybridized carbons (Fsp3) is 0.880. The van der Waals surface area contributed by atoms with Crippen molar-refractivity contribution in [3.63, 3.8) is 0 Å². The molecule has 0 rings (SSSR count). The second-order valence-corrected chi connectivity index (χ2v) is 10.0. The zero-order valence-corrected chi connectivity index (χ0v) is 21.9. The van der Waals surface area contributed by atoms with Crippen molar-refractivity contribution in [1.82, 2.24) is 0 Å². The first-order valence-electron chi connectivity index (χ1n) is 13.0. The molecule has 8 heteroatoms. The van der Waals surface area contributed by atoms with E-state index < -0.39 is 13.9 Å². The van der Waals surface area contributed by atoms with Crippen LogP contribution in [0, 0.1) is 0 Å². The van der Waals surface area contributed by atoms with Crippen molar-refractivity contribution in [3.8, 4) is 0 Å². The standard InChI is InChI=1S/C25H49O7P/c1-3-5-6-7-8-9-10-11-12-13-14-15-16-17-18-20-25(27)30-21-19-22-31-33(28,29)32-23-24(26)4-2/h11-12,24,26H,3-10,13-23H2,1-2H3,(H,28,29)/b12-11-. The monoisotopic (exact) mass is 492 g/mol. The minimum Gasteiger partial charge on any atom is -0.466 e. The van der Waals surface area contributed by atoms with E-state index in [0.717, 1.165) is 25.7 Å². The number of hydrogen-bond acceptors (Lipinski definition) is 6. The summed E-state index contributed by atoms with van der Waals surface area (Å²) in [4.78, 5) is 21.2. The van der Waals surface area contributed by atoms with Gasteiger partial charge in [-0.15, -0.1) is 0 Å². The highest BCUT2D eigenvalue weighted by molar-refractivity contribution is 7.47. The van der Waals surface area contributed by atoms with Gasteiger partial charge in [-0.25, -0.2) is 4.57 Å². The first kappa shape index (κ1) is 32.3. The van der Waals surface area contributed by atoms with Crippen LogP contribution in [0.1, 0.15) is 117 Å². The number of unbranched alkanes of at least 4 members (excludes halogenated alkanes) is 11. The maximum atomic E-state index is 11.7. The van der Waals surface area contributed by atoms with Crippen LogP contribution in [-0.2, 0) is 23.1 Å². The number of allylic oxidation sites excluding steroid dienone is 2. The number of carbonyl (C=O) groups is 1. The van der Waals surface area contributed by atoms with Gasteiger partial charge >= 0.3 is 13.8 Å². The molecule has 2 N–H and O–H groups in total. The van der Waals surface area contributed by atoms with Gasteiger partial charge in [-0.2, -0.15) is 0 Å². The third kappa shape index (κ3) is 24.2. The van der Waals surface area contributed by atoms with Crippen molar-refractivity contribution in [3.05, 3.63) is 12.2 Å². The molecule has 0 saturated carbocycles. The molecule has 0 saturated heterocycles. The Labute approximate surface area is 201 Å². The minimum atomic E-state index is -4.17. The second-order valence-electron chi connectivity index (χ2n) is 8.57. The molecule has 0 aliphatic carbocycles. The van der Waals surface area contributed by atoms with Crippen LogP contribution < -0.4 is 0 Å². The van der Waals surface area contributed by atoms with E-state index in [1.54, 1.807) is 6.92 Å². The molecule has 0 aromatic carbocycles. The van der Waals surface area contributed by atoms with Crippen molar-refractivity contribution < 1.29 is 33.1 Å². The molecule has 0 bridgehead atoms. The molecular weight excluding hydrogens is 443 g/mol. The molecule has 0 amide bonds. The first-order chi connectivity index (χ1) is 15.9. The predicted molar refractivity (Wildman–Crippen MR) is 133 cm³/mol. The average Bonchev–Trinajstić information content (AvgIpc) is 2.79. The largest absolute Gasteiger partial charge is 0.472 e. The Morgan fingerprint density at radius 1 is 0.818 bits per heavy atom. The van der Waals surface area contributed by atoms with Gasteiger partial charge in [0, 0.05) is 12.8 Å². The summed E-state index contributed by atoms with van der Waals surface area (Å²) in [5.74, 6) is -0.248. The van der Waals surface area contributed by atoms with Gasteiger partial charge in [-0.1, -0.05) is 77.4 Å². The van der Waals surface area contributed by atoms with Crippen molar-refractivity contribution in [2.24, 2.45) is 0 Å². The Kier molecular flexibility index (Phi) is 22.5. The first-order valence-corrected chi connectivity index (χ1v) is 14.5. The van der Waals surface area contributed by atoms with E-state index in [0.29, 0.717) is 19.3 Å². The summed E-state index contributed by atoms with van der Waals surface area (Å²) in [6.45, 7) is 3.81. The fourth-order valence-electron chi connectivity index (χ4n) is 3.17. The quantitative estimate of drug-likeness (QED) is 0.0656. The van der Waals surface area contributed by atoms with E-state index in [4.69, 9.17) is 9.26 Å². The van der Waals surface area contributed by atoms with Crippen molar-refractivity contribution in [2.45, 2.75) is 123 Å². The fourth-order valence-corrected chi connectivity index (χ4v) is 3.97. The Bertz CT molecular complexity index is 525. The third-order valence-electron chi connectivity index (χ3n) is 5.35. The van der Waals surface area contributed by atoms with Crippen molar-refractivity contribution in [1.29, 1.82) is 0 Å². The highest BCUT2D eigenvalue weighted by Gasteiger charge is 2.22. The van der Waals surface area contributed by atoms with Gasteiger partial charge in [0.15, 0.2) is 0 Å². The SMILES string of the molecule is CCCCCCCC/C=C\CCCCCCCC(=O)OCCCOP(=O)(O)OCC(O)CC. The van der Waals surface area contributed by atoms with Gasteiger partial charge in [0.1, 0.15) is 0 Å². The van der Waals surface area contributed by atoms with Gasteiger partial charge in [-0.05, 0) is 38.5 Å². The lowest BCUT2D eigenvalue weighted by molar-refractivity contribution is -0.144. The summed E-state index contributed by atoms with van der Waals surface area (Å²) in [5, 5.41) is 9.32. The van der Waals surface area contributed by atoms with Gasteiger partial charge < -0.3 is 14.7 Å². The molecular formula is C25H49O7P. The van der Waals surface area contributed by atoms with Crippen LogP contribution in [-0.4, -0.2) is 41.9 Å². The number of aliphatic hydroxyl groups excluding tert-OH is 1. The maximum Gasteiger partial charge on any atom is 0.472 e. The maximum absolute atomic E-state index is 11.7. The van der Waals surface area contributed by atoms with Gasteiger partial charge in [0.05, 0.1) is 25.9 Å². The molecule has 0 aromatic rings. The number of carbonyl (C=O) groups excluding carboxylic acids is 1. The van der Waals surface area contributed by atoms with Crippen LogP contribution in [0.25, 0.3) is 0 Å². The summed E-state index contributed by atoms with van der Waals surface area (Å²) in [7, 11) is -4.17. The van der Waals surface area contributed by atoms with Crippen LogP contribution >= 0.6 is 7.82 Å². The molecule has 2 unspecified atom stereocenters. The molecule has 0 aromatic heterocycles. The minimum absolute atomic E-state index is 0.0588. The Morgan fingerprint density at radius 3 is 2.00 bits per heavy atom. The van der Waals surface area contributed by atoms with E-state index in [1.165, 1.54) is 57.8 Å². The van der Waals surface area contributed by atoms with E-state index >= 15 is 0 Å². The summed E-state index contributed by atoms with van der Waals surface area (Å²) in [6.07, 6.45) is 20.8. The zero-order chi connectivity index (χ0) is 24.6. The molecule has 0 spiro atoms. The zero-order valence-electron chi connectivity index (χ0n) is 21.0. The summed E-state index contributed by atoms with van der Waals surface area (Å²) in [5.41, 5.74) is 0. The van der Waals surface area contributed by atoms with E-state index in [-0.39, 0.29) is 25.8 Å². The second kappa shape index (κ2) is 23.0. The lowest BCUT2D eigenvalue weighted by atomic mass is 10.1. The van der Waals surface area contributed by atoms with E-state index in [9.17, 15) is 19.4 Å². The van der Waals surface area contributed by atoms with Gasteiger partial charge in [0.25, 0.3) is 0 Å². The Hall–Kier alpha value is -0.720. The average molecular weight is 493 g/mol. The van der Waals surface area contributed by atoms with E-state index in [1.807, 2.05) is 0 Å². The Morgan fingerprint density at radius 2 is 1.39 bits per heavy atom. The van der Waals surface area contributed by atoms with Crippen LogP contribution in [0.2, 0.25) is 0 Å². The normalized spacial score (nSPS) is 14.4. The van der Waals surface area contributed by atoms with Crippen molar-refractivity contribution >= 4 is 13.8 Å². The lowest BCUT2D eigenvalue weighted by Crippen LogP contribution is -2.13. The highest BCUT2D eigenvalue weighted by atomic mass is 31.2. The number of ether oxygens (including phenoxy) is 1. The lowest BCUT2D eigenvalue weighted by Gasteiger charge is -2.14. The molecule has 0 fully saturated rings. The molecule has 7 nitrogen and oxygen atoms in total. The summed E-state index contributed by atoms with van der Waals surface area (Å²) >= 11 is 0.